The standard InChI is InChI=1S/C31H33FN4O5S/c1-20-13-21(2)15-25(14-20)35(42(38,39)26-11-12-29(40-5)30(17-26)41-6)19-31(37)34-33-18-24-16-22(3)36(23(24)4)28-10-8-7-9-27(28)32/h7-18H,19H2,1-6H3,(H,34,37)/b33-18-. The first-order valence-corrected chi connectivity index (χ1v) is 14.5. The molecule has 0 bridgehead atoms. The fourth-order valence-corrected chi connectivity index (χ4v) is 6.20. The number of rotatable bonds is 10. The van der Waals surface area contributed by atoms with Crippen molar-refractivity contribution in [2.45, 2.75) is 32.6 Å². The number of amides is 1. The van der Waals surface area contributed by atoms with E-state index < -0.39 is 22.5 Å². The Kier molecular flexibility index (Phi) is 9.01. The second kappa shape index (κ2) is 12.5. The first kappa shape index (κ1) is 30.3. The molecule has 1 aromatic heterocycles. The Bertz CT molecular complexity index is 1740. The maximum absolute atomic E-state index is 14.4. The first-order valence-electron chi connectivity index (χ1n) is 13.0. The van der Waals surface area contributed by atoms with Gasteiger partial charge in [0.25, 0.3) is 15.9 Å². The molecule has 9 nitrogen and oxygen atoms in total. The number of hydrogen-bond donors (Lipinski definition) is 1. The number of para-hydroxylation sites is 1. The summed E-state index contributed by atoms with van der Waals surface area (Å²) >= 11 is 0. The van der Waals surface area contributed by atoms with Crippen LogP contribution in [0.25, 0.3) is 5.69 Å². The normalized spacial score (nSPS) is 11.5. The molecule has 4 rings (SSSR count). The van der Waals surface area contributed by atoms with E-state index in [9.17, 15) is 17.6 Å². The molecule has 0 saturated carbocycles. The molecule has 42 heavy (non-hydrogen) atoms. The van der Waals surface area contributed by atoms with Crippen LogP contribution in [0.5, 0.6) is 11.5 Å². The molecule has 0 radical (unpaired) electrons. The Morgan fingerprint density at radius 2 is 1.62 bits per heavy atom. The van der Waals surface area contributed by atoms with Crippen molar-refractivity contribution in [2.24, 2.45) is 5.10 Å². The van der Waals surface area contributed by atoms with Crippen LogP contribution in [0.4, 0.5) is 10.1 Å². The van der Waals surface area contributed by atoms with Gasteiger partial charge in [0.2, 0.25) is 0 Å². The van der Waals surface area contributed by atoms with Gasteiger partial charge in [-0.05, 0) is 81.3 Å². The Balaban J connectivity index is 1.62. The van der Waals surface area contributed by atoms with E-state index in [1.54, 1.807) is 34.9 Å². The molecule has 3 aromatic carbocycles. The average molecular weight is 593 g/mol. The van der Waals surface area contributed by atoms with Gasteiger partial charge >= 0.3 is 0 Å². The highest BCUT2D eigenvalue weighted by Gasteiger charge is 2.29. The van der Waals surface area contributed by atoms with Gasteiger partial charge in [-0.2, -0.15) is 5.10 Å². The minimum atomic E-state index is -4.21. The second-order valence-corrected chi connectivity index (χ2v) is 11.6. The van der Waals surface area contributed by atoms with Gasteiger partial charge in [-0.15, -0.1) is 0 Å². The summed E-state index contributed by atoms with van der Waals surface area (Å²) in [7, 11) is -1.35. The van der Waals surface area contributed by atoms with Gasteiger partial charge in [0, 0.05) is 23.0 Å². The lowest BCUT2D eigenvalue weighted by atomic mass is 10.1. The van der Waals surface area contributed by atoms with Crippen molar-refractivity contribution in [1.29, 1.82) is 0 Å². The monoisotopic (exact) mass is 592 g/mol. The molecule has 11 heteroatoms. The number of anilines is 1. The second-order valence-electron chi connectivity index (χ2n) is 9.78. The fraction of sp³-hybridized carbons (Fsp3) is 0.226. The SMILES string of the molecule is COc1ccc(S(=O)(=O)N(CC(=O)N/N=C\c2cc(C)n(-c3ccccc3F)c2C)c2cc(C)cc(C)c2)cc1OC. The molecule has 0 aliphatic heterocycles. The molecule has 1 N–H and O–H groups in total. The van der Waals surface area contributed by atoms with Gasteiger partial charge in [-0.1, -0.05) is 18.2 Å². The molecule has 4 aromatic rings. The summed E-state index contributed by atoms with van der Waals surface area (Å²) in [5, 5.41) is 4.07. The third kappa shape index (κ3) is 6.31. The molecule has 220 valence electrons. The van der Waals surface area contributed by atoms with Crippen LogP contribution in [0, 0.1) is 33.5 Å². The topological polar surface area (TPSA) is 102 Å². The predicted octanol–water partition coefficient (Wildman–Crippen LogP) is 5.21. The Labute approximate surface area is 245 Å². The number of nitrogens with one attached hydrogen (secondary N) is 1. The van der Waals surface area contributed by atoms with Gasteiger partial charge in [-0.25, -0.2) is 18.2 Å². The number of halogens is 1. The van der Waals surface area contributed by atoms with Gasteiger partial charge in [0.05, 0.1) is 36.7 Å². The Hall–Kier alpha value is -4.64. The average Bonchev–Trinajstić information content (AvgIpc) is 3.23. The van der Waals surface area contributed by atoms with Crippen LogP contribution in [0.2, 0.25) is 0 Å². The van der Waals surface area contributed by atoms with Gasteiger partial charge in [0.1, 0.15) is 12.4 Å². The first-order chi connectivity index (χ1) is 20.0. The number of sulfonamides is 1. The van der Waals surface area contributed by atoms with Crippen LogP contribution in [-0.2, 0) is 14.8 Å². The lowest BCUT2D eigenvalue weighted by molar-refractivity contribution is -0.119. The van der Waals surface area contributed by atoms with Crippen LogP contribution in [0.15, 0.2) is 76.7 Å². The lowest BCUT2D eigenvalue weighted by Gasteiger charge is -2.25. The minimum Gasteiger partial charge on any atom is -0.493 e. The number of methoxy groups -OCH3 is 2. The molecule has 0 aliphatic rings. The number of carbonyl (C=O) groups excluding carboxylic acids is 1. The zero-order valence-electron chi connectivity index (χ0n) is 24.3. The minimum absolute atomic E-state index is 0.0730. The summed E-state index contributed by atoms with van der Waals surface area (Å²) in [6, 6.07) is 17.8. The van der Waals surface area contributed by atoms with E-state index in [1.165, 1.54) is 44.7 Å². The maximum Gasteiger partial charge on any atom is 0.264 e. The van der Waals surface area contributed by atoms with Crippen molar-refractivity contribution in [3.63, 3.8) is 0 Å². The molecular formula is C31H33FN4O5S. The number of benzene rings is 3. The van der Waals surface area contributed by atoms with Crippen molar-refractivity contribution >= 4 is 27.8 Å². The highest BCUT2D eigenvalue weighted by molar-refractivity contribution is 7.92. The number of aryl methyl sites for hydroxylation is 3. The molecule has 0 aliphatic carbocycles. The molecule has 1 heterocycles. The number of ether oxygens (including phenoxy) is 2. The van der Waals surface area contributed by atoms with E-state index in [4.69, 9.17) is 9.47 Å². The quantitative estimate of drug-likeness (QED) is 0.201. The fourth-order valence-electron chi connectivity index (χ4n) is 4.78. The molecule has 0 unspecified atom stereocenters. The highest BCUT2D eigenvalue weighted by Crippen LogP contribution is 2.32. The van der Waals surface area contributed by atoms with Crippen molar-refractivity contribution in [3.05, 3.63) is 101 Å². The van der Waals surface area contributed by atoms with E-state index in [2.05, 4.69) is 10.5 Å². The molecule has 0 spiro atoms. The summed E-state index contributed by atoms with van der Waals surface area (Å²) in [4.78, 5) is 13.0. The third-order valence-corrected chi connectivity index (χ3v) is 8.45. The van der Waals surface area contributed by atoms with Crippen LogP contribution < -0.4 is 19.2 Å². The summed E-state index contributed by atoms with van der Waals surface area (Å²) < 4.78 is 55.5. The number of aromatic nitrogens is 1. The van der Waals surface area contributed by atoms with E-state index in [1.807, 2.05) is 39.8 Å². The maximum atomic E-state index is 14.4. The van der Waals surface area contributed by atoms with Gasteiger partial charge < -0.3 is 14.0 Å². The van der Waals surface area contributed by atoms with Crippen LogP contribution >= 0.6 is 0 Å². The Morgan fingerprint density at radius 1 is 0.952 bits per heavy atom. The van der Waals surface area contributed by atoms with E-state index in [0.717, 1.165) is 26.8 Å². The van der Waals surface area contributed by atoms with Crippen molar-refractivity contribution in [3.8, 4) is 17.2 Å². The van der Waals surface area contributed by atoms with E-state index >= 15 is 0 Å². The van der Waals surface area contributed by atoms with Crippen LogP contribution in [0.3, 0.4) is 0 Å². The molecule has 1 amide bonds. The predicted molar refractivity (Wildman–Crippen MR) is 161 cm³/mol. The number of hydrazone groups is 1. The van der Waals surface area contributed by atoms with Gasteiger partial charge in [-0.3, -0.25) is 9.10 Å². The van der Waals surface area contributed by atoms with Crippen molar-refractivity contribution in [2.75, 3.05) is 25.1 Å². The molecule has 0 saturated heterocycles. The number of nitrogens with zero attached hydrogens (tertiary/aromatic N) is 3. The van der Waals surface area contributed by atoms with E-state index in [0.29, 0.717) is 22.7 Å². The number of hydrogen-bond acceptors (Lipinski definition) is 6. The molecular weight excluding hydrogens is 559 g/mol. The van der Waals surface area contributed by atoms with Crippen molar-refractivity contribution < 1.29 is 27.1 Å². The third-order valence-electron chi connectivity index (χ3n) is 6.68. The summed E-state index contributed by atoms with van der Waals surface area (Å²) in [5.41, 5.74) is 7.01. The smallest absolute Gasteiger partial charge is 0.264 e. The van der Waals surface area contributed by atoms with E-state index in [-0.39, 0.29) is 16.5 Å². The van der Waals surface area contributed by atoms with Crippen molar-refractivity contribution in [1.82, 2.24) is 9.99 Å². The highest BCUT2D eigenvalue weighted by atomic mass is 32.2. The lowest BCUT2D eigenvalue weighted by Crippen LogP contribution is -2.39. The largest absolute Gasteiger partial charge is 0.493 e. The summed E-state index contributed by atoms with van der Waals surface area (Å²) in [5.74, 6) is -0.410. The zero-order chi connectivity index (χ0) is 30.6. The summed E-state index contributed by atoms with van der Waals surface area (Å²) in [6.45, 7) is 6.82. The van der Waals surface area contributed by atoms with Crippen LogP contribution in [0.1, 0.15) is 28.1 Å². The molecule has 0 fully saturated rings. The zero-order valence-corrected chi connectivity index (χ0v) is 25.1. The van der Waals surface area contributed by atoms with Gasteiger partial charge in [0.15, 0.2) is 11.5 Å². The number of carbonyl (C=O) groups is 1. The molecule has 0 atom stereocenters. The summed E-state index contributed by atoms with van der Waals surface area (Å²) in [6.07, 6.45) is 1.45. The van der Waals surface area contributed by atoms with Crippen LogP contribution in [-0.4, -0.2) is 45.9 Å². The Morgan fingerprint density at radius 3 is 2.26 bits per heavy atom.